The number of nitro groups is 1. The van der Waals surface area contributed by atoms with E-state index >= 15 is 0 Å². The van der Waals surface area contributed by atoms with E-state index in [1.165, 1.54) is 13.0 Å². The maximum atomic E-state index is 13.3. The highest BCUT2D eigenvalue weighted by Gasteiger charge is 2.16. The summed E-state index contributed by atoms with van der Waals surface area (Å²) in [6.45, 7) is 6.65. The molecule has 0 bridgehead atoms. The Kier molecular flexibility index (Phi) is 4.60. The van der Waals surface area contributed by atoms with Crippen molar-refractivity contribution in [1.29, 1.82) is 0 Å². The van der Waals surface area contributed by atoms with Crippen LogP contribution in [-0.2, 0) is 9.53 Å². The Hall–Kier alpha value is -2.24. The number of ether oxygens (including phenoxy) is 1. The molecule has 0 saturated heterocycles. The number of halogens is 1. The molecule has 0 fully saturated rings. The highest BCUT2D eigenvalue weighted by atomic mass is 19.1. The molecule has 0 spiro atoms. The molecular formula is C14H16FNO4. The predicted molar refractivity (Wildman–Crippen MR) is 72.7 cm³/mol. The van der Waals surface area contributed by atoms with E-state index in [9.17, 15) is 19.3 Å². The normalized spacial score (nSPS) is 11.7. The fraction of sp³-hybridized carbons (Fsp3) is 0.357. The van der Waals surface area contributed by atoms with Crippen molar-refractivity contribution in [3.05, 3.63) is 45.3 Å². The first kappa shape index (κ1) is 15.8. The Bertz CT molecular complexity index is 573. The van der Waals surface area contributed by atoms with Crippen molar-refractivity contribution in [3.63, 3.8) is 0 Å². The summed E-state index contributed by atoms with van der Waals surface area (Å²) >= 11 is 0. The van der Waals surface area contributed by atoms with E-state index in [2.05, 4.69) is 0 Å². The Morgan fingerprint density at radius 2 is 2.00 bits per heavy atom. The zero-order valence-corrected chi connectivity index (χ0v) is 11.8. The SMILES string of the molecule is Cc1c(/C=C/C(=O)OC(C)(C)C)cc(F)cc1[N+](=O)[O-]. The molecule has 1 rings (SSSR count). The van der Waals surface area contributed by atoms with Crippen molar-refractivity contribution >= 4 is 17.7 Å². The molecule has 0 aliphatic heterocycles. The third kappa shape index (κ3) is 4.46. The Labute approximate surface area is 116 Å². The zero-order valence-electron chi connectivity index (χ0n) is 11.8. The van der Waals surface area contributed by atoms with E-state index in [0.717, 1.165) is 18.2 Å². The molecule has 0 atom stereocenters. The van der Waals surface area contributed by atoms with Gasteiger partial charge >= 0.3 is 5.97 Å². The van der Waals surface area contributed by atoms with E-state index < -0.39 is 22.3 Å². The first-order valence-corrected chi connectivity index (χ1v) is 5.96. The standard InChI is InChI=1S/C14H16FNO4/c1-9-10(5-6-13(17)20-14(2,3)4)7-11(15)8-12(9)16(18)19/h5-8H,1-4H3/b6-5+. The molecule has 0 heterocycles. The average Bonchev–Trinajstić information content (AvgIpc) is 2.27. The van der Waals surface area contributed by atoms with Gasteiger partial charge < -0.3 is 4.74 Å². The maximum Gasteiger partial charge on any atom is 0.331 e. The van der Waals surface area contributed by atoms with Crippen molar-refractivity contribution in [2.24, 2.45) is 0 Å². The number of benzene rings is 1. The highest BCUT2D eigenvalue weighted by Crippen LogP contribution is 2.24. The third-order valence-electron chi connectivity index (χ3n) is 2.39. The first-order valence-electron chi connectivity index (χ1n) is 5.96. The molecule has 0 aliphatic carbocycles. The number of esters is 1. The molecule has 5 nitrogen and oxygen atoms in total. The lowest BCUT2D eigenvalue weighted by Gasteiger charge is -2.17. The van der Waals surface area contributed by atoms with Gasteiger partial charge in [-0.25, -0.2) is 9.18 Å². The molecule has 1 aromatic rings. The van der Waals surface area contributed by atoms with Crippen molar-refractivity contribution in [2.45, 2.75) is 33.3 Å². The Morgan fingerprint density at radius 3 is 2.50 bits per heavy atom. The molecule has 0 unspecified atom stereocenters. The van der Waals surface area contributed by atoms with Crippen LogP contribution in [-0.4, -0.2) is 16.5 Å². The molecule has 0 amide bonds. The minimum Gasteiger partial charge on any atom is -0.457 e. The van der Waals surface area contributed by atoms with Gasteiger partial charge in [-0.2, -0.15) is 0 Å². The quantitative estimate of drug-likeness (QED) is 0.368. The molecule has 0 saturated carbocycles. The van der Waals surface area contributed by atoms with Crippen LogP contribution in [0.1, 0.15) is 31.9 Å². The summed E-state index contributed by atoms with van der Waals surface area (Å²) in [7, 11) is 0. The van der Waals surface area contributed by atoms with E-state index in [4.69, 9.17) is 4.74 Å². The molecule has 108 valence electrons. The minimum atomic E-state index is -0.730. The van der Waals surface area contributed by atoms with Crippen LogP contribution in [0, 0.1) is 22.9 Å². The summed E-state index contributed by atoms with van der Waals surface area (Å²) < 4.78 is 18.4. The van der Waals surface area contributed by atoms with Crippen molar-refractivity contribution < 1.29 is 18.8 Å². The van der Waals surface area contributed by atoms with Gasteiger partial charge in [-0.15, -0.1) is 0 Å². The van der Waals surface area contributed by atoms with Crippen molar-refractivity contribution in [1.82, 2.24) is 0 Å². The van der Waals surface area contributed by atoms with E-state index in [1.54, 1.807) is 20.8 Å². The molecule has 0 radical (unpaired) electrons. The lowest BCUT2D eigenvalue weighted by Crippen LogP contribution is -2.22. The summed E-state index contributed by atoms with van der Waals surface area (Å²) in [5.74, 6) is -1.32. The summed E-state index contributed by atoms with van der Waals surface area (Å²) in [5, 5.41) is 10.8. The van der Waals surface area contributed by atoms with E-state index in [1.807, 2.05) is 0 Å². The summed E-state index contributed by atoms with van der Waals surface area (Å²) in [6, 6.07) is 1.98. The van der Waals surface area contributed by atoms with Gasteiger partial charge in [0.25, 0.3) is 5.69 Å². The lowest BCUT2D eigenvalue weighted by atomic mass is 10.1. The van der Waals surface area contributed by atoms with Gasteiger partial charge in [0.1, 0.15) is 11.4 Å². The minimum absolute atomic E-state index is 0.266. The fourth-order valence-electron chi connectivity index (χ4n) is 1.54. The topological polar surface area (TPSA) is 69.4 Å². The van der Waals surface area contributed by atoms with Gasteiger partial charge in [-0.1, -0.05) is 0 Å². The molecule has 20 heavy (non-hydrogen) atoms. The van der Waals surface area contributed by atoms with Gasteiger partial charge in [0.05, 0.1) is 11.0 Å². The fourth-order valence-corrected chi connectivity index (χ4v) is 1.54. The van der Waals surface area contributed by atoms with Gasteiger partial charge in [0.2, 0.25) is 0 Å². The number of hydrogen-bond acceptors (Lipinski definition) is 4. The summed E-state index contributed by atoms with van der Waals surface area (Å²) in [4.78, 5) is 21.6. The van der Waals surface area contributed by atoms with Crippen LogP contribution in [0.2, 0.25) is 0 Å². The maximum absolute atomic E-state index is 13.3. The monoisotopic (exact) mass is 281 g/mol. The second-order valence-electron chi connectivity index (χ2n) is 5.26. The van der Waals surface area contributed by atoms with Gasteiger partial charge in [0.15, 0.2) is 0 Å². The van der Waals surface area contributed by atoms with Crippen molar-refractivity contribution in [2.75, 3.05) is 0 Å². The second-order valence-corrected chi connectivity index (χ2v) is 5.26. The van der Waals surface area contributed by atoms with Crippen LogP contribution in [0.4, 0.5) is 10.1 Å². The average molecular weight is 281 g/mol. The van der Waals surface area contributed by atoms with Crippen LogP contribution in [0.5, 0.6) is 0 Å². The Morgan fingerprint density at radius 1 is 1.40 bits per heavy atom. The van der Waals surface area contributed by atoms with Gasteiger partial charge in [-0.3, -0.25) is 10.1 Å². The van der Waals surface area contributed by atoms with Gasteiger partial charge in [-0.05, 0) is 45.4 Å². The zero-order chi connectivity index (χ0) is 15.5. The van der Waals surface area contributed by atoms with Crippen LogP contribution >= 0.6 is 0 Å². The molecule has 0 aliphatic rings. The van der Waals surface area contributed by atoms with Crippen LogP contribution in [0.25, 0.3) is 6.08 Å². The lowest BCUT2D eigenvalue weighted by molar-refractivity contribution is -0.385. The summed E-state index contributed by atoms with van der Waals surface area (Å²) in [6.07, 6.45) is 2.43. The predicted octanol–water partition coefficient (Wildman–Crippen LogP) is 3.40. The van der Waals surface area contributed by atoms with Crippen molar-refractivity contribution in [3.8, 4) is 0 Å². The van der Waals surface area contributed by atoms with E-state index in [-0.39, 0.29) is 16.8 Å². The number of rotatable bonds is 3. The molecule has 0 aromatic heterocycles. The highest BCUT2D eigenvalue weighted by molar-refractivity contribution is 5.87. The summed E-state index contributed by atoms with van der Waals surface area (Å²) in [5.41, 5.74) is -0.405. The molecule has 6 heteroatoms. The number of carbonyl (C=O) groups is 1. The van der Waals surface area contributed by atoms with Crippen LogP contribution in [0.3, 0.4) is 0 Å². The molecular weight excluding hydrogens is 265 g/mol. The Balaban J connectivity index is 3.04. The largest absolute Gasteiger partial charge is 0.457 e. The molecule has 1 aromatic carbocycles. The first-order chi connectivity index (χ1) is 9.10. The number of hydrogen-bond donors (Lipinski definition) is 0. The number of nitrogens with zero attached hydrogens (tertiary/aromatic N) is 1. The van der Waals surface area contributed by atoms with Crippen LogP contribution in [0.15, 0.2) is 18.2 Å². The van der Waals surface area contributed by atoms with Crippen LogP contribution < -0.4 is 0 Å². The van der Waals surface area contributed by atoms with Gasteiger partial charge in [0, 0.05) is 11.6 Å². The third-order valence-corrected chi connectivity index (χ3v) is 2.39. The smallest absolute Gasteiger partial charge is 0.331 e. The number of carbonyl (C=O) groups excluding carboxylic acids is 1. The van der Waals surface area contributed by atoms with E-state index in [0.29, 0.717) is 0 Å². The molecule has 0 N–H and O–H groups in total. The second kappa shape index (κ2) is 5.81. The number of nitro benzene ring substituents is 1.